The smallest absolute Gasteiger partial charge is 0.274 e. The molecule has 0 saturated heterocycles. The Balaban J connectivity index is 1.59. The molecule has 4 rings (SSSR count). The number of hydrogen-bond acceptors (Lipinski definition) is 3. The van der Waals surface area contributed by atoms with Gasteiger partial charge in [-0.05, 0) is 57.7 Å². The van der Waals surface area contributed by atoms with Crippen molar-refractivity contribution in [1.82, 2.24) is 14.5 Å². The van der Waals surface area contributed by atoms with E-state index in [0.717, 1.165) is 26.8 Å². The average Bonchev–Trinajstić information content (AvgIpc) is 3.03. The second-order valence-corrected chi connectivity index (χ2v) is 7.26. The number of nitrogens with one attached hydrogen (secondary N) is 1. The molecule has 7 heteroatoms. The van der Waals surface area contributed by atoms with E-state index >= 15 is 0 Å². The highest BCUT2D eigenvalue weighted by atomic mass is 79.9. The van der Waals surface area contributed by atoms with Gasteiger partial charge in [0.1, 0.15) is 0 Å². The number of halogens is 1. The van der Waals surface area contributed by atoms with Gasteiger partial charge >= 0.3 is 0 Å². The van der Waals surface area contributed by atoms with Crippen molar-refractivity contribution < 1.29 is 9.59 Å². The highest BCUT2D eigenvalue weighted by molar-refractivity contribution is 9.10. The van der Waals surface area contributed by atoms with Gasteiger partial charge in [0, 0.05) is 36.4 Å². The van der Waals surface area contributed by atoms with Crippen molar-refractivity contribution in [2.45, 2.75) is 19.9 Å². The largest absolute Gasteiger partial charge is 0.333 e. The molecule has 0 atom stereocenters. The first-order valence-electron chi connectivity index (χ1n) is 8.34. The molecule has 132 valence electrons. The highest BCUT2D eigenvalue weighted by Gasteiger charge is 2.25. The molecule has 0 unspecified atom stereocenters. The van der Waals surface area contributed by atoms with Crippen LogP contribution in [0.5, 0.6) is 0 Å². The number of fused-ring (bicyclic) bond motifs is 2. The van der Waals surface area contributed by atoms with Gasteiger partial charge in [0.15, 0.2) is 5.69 Å². The van der Waals surface area contributed by atoms with Crippen LogP contribution in [0.15, 0.2) is 47.1 Å². The fourth-order valence-electron chi connectivity index (χ4n) is 3.32. The summed E-state index contributed by atoms with van der Waals surface area (Å²) in [6.07, 6.45) is 2.54. The number of anilines is 1. The predicted molar refractivity (Wildman–Crippen MR) is 102 cm³/mol. The summed E-state index contributed by atoms with van der Waals surface area (Å²) in [7, 11) is 0. The molecule has 26 heavy (non-hydrogen) atoms. The van der Waals surface area contributed by atoms with Crippen LogP contribution in [-0.2, 0) is 17.8 Å². The first-order valence-corrected chi connectivity index (χ1v) is 9.13. The van der Waals surface area contributed by atoms with Crippen LogP contribution in [0.2, 0.25) is 0 Å². The summed E-state index contributed by atoms with van der Waals surface area (Å²) in [4.78, 5) is 26.1. The lowest BCUT2D eigenvalue weighted by molar-refractivity contribution is -0.114. The van der Waals surface area contributed by atoms with Gasteiger partial charge in [-0.25, -0.2) is 4.52 Å². The molecule has 1 N–H and O–H groups in total. The summed E-state index contributed by atoms with van der Waals surface area (Å²) in [5.74, 6) is -0.173. The van der Waals surface area contributed by atoms with Gasteiger partial charge < -0.3 is 10.2 Å². The Hall–Kier alpha value is -2.67. The van der Waals surface area contributed by atoms with Crippen molar-refractivity contribution in [3.63, 3.8) is 0 Å². The van der Waals surface area contributed by atoms with Gasteiger partial charge in [-0.15, -0.1) is 0 Å². The summed E-state index contributed by atoms with van der Waals surface area (Å²) < 4.78 is 2.61. The fourth-order valence-corrected chi connectivity index (χ4v) is 3.64. The van der Waals surface area contributed by atoms with E-state index in [9.17, 15) is 9.59 Å². The van der Waals surface area contributed by atoms with Crippen molar-refractivity contribution in [3.8, 4) is 0 Å². The summed E-state index contributed by atoms with van der Waals surface area (Å²) >= 11 is 3.41. The van der Waals surface area contributed by atoms with E-state index in [1.807, 2.05) is 36.5 Å². The maximum atomic E-state index is 12.9. The van der Waals surface area contributed by atoms with Gasteiger partial charge in [0.2, 0.25) is 5.91 Å². The Morgan fingerprint density at radius 3 is 2.88 bits per heavy atom. The van der Waals surface area contributed by atoms with E-state index in [-0.39, 0.29) is 11.8 Å². The van der Waals surface area contributed by atoms with Gasteiger partial charge in [0.25, 0.3) is 5.91 Å². The fraction of sp³-hybridized carbons (Fsp3) is 0.211. The Morgan fingerprint density at radius 1 is 1.23 bits per heavy atom. The van der Waals surface area contributed by atoms with E-state index in [0.29, 0.717) is 25.2 Å². The lowest BCUT2D eigenvalue weighted by Crippen LogP contribution is -2.36. The first kappa shape index (κ1) is 16.8. The van der Waals surface area contributed by atoms with Crippen LogP contribution in [0.25, 0.3) is 5.52 Å². The molecule has 1 aliphatic rings. The molecule has 0 spiro atoms. The molecule has 0 aliphatic carbocycles. The summed E-state index contributed by atoms with van der Waals surface area (Å²) in [5.41, 5.74) is 4.30. The standard InChI is InChI=1S/C19H17BrN4O2/c1-12(25)21-17-4-2-3-13-10-23(8-7-16(13)17)19(26)18-9-15-6-5-14(20)11-24(15)22-18/h2-6,9,11H,7-8,10H2,1H3,(H,21,25). The molecule has 0 fully saturated rings. The minimum atomic E-state index is -0.0900. The molecular weight excluding hydrogens is 396 g/mol. The van der Waals surface area contributed by atoms with E-state index in [1.165, 1.54) is 6.92 Å². The third kappa shape index (κ3) is 3.10. The predicted octanol–water partition coefficient (Wildman–Crippen LogP) is 3.25. The van der Waals surface area contributed by atoms with Crippen LogP contribution in [0.1, 0.15) is 28.5 Å². The lowest BCUT2D eigenvalue weighted by Gasteiger charge is -2.29. The number of nitrogens with zero attached hydrogens (tertiary/aromatic N) is 3. The molecule has 0 radical (unpaired) electrons. The van der Waals surface area contributed by atoms with Crippen LogP contribution in [0, 0.1) is 0 Å². The SMILES string of the molecule is CC(=O)Nc1cccc2c1CCN(C(=O)c1cc3ccc(Br)cn3n1)C2. The number of aromatic nitrogens is 2. The number of hydrogen-bond donors (Lipinski definition) is 1. The summed E-state index contributed by atoms with van der Waals surface area (Å²) in [6, 6.07) is 11.4. The molecule has 1 aromatic carbocycles. The van der Waals surface area contributed by atoms with Gasteiger partial charge in [-0.2, -0.15) is 5.10 Å². The topological polar surface area (TPSA) is 66.7 Å². The molecule has 3 aromatic rings. The van der Waals surface area contributed by atoms with Crippen molar-refractivity contribution in [2.24, 2.45) is 0 Å². The minimum Gasteiger partial charge on any atom is -0.333 e. The van der Waals surface area contributed by atoms with E-state index in [1.54, 1.807) is 15.5 Å². The van der Waals surface area contributed by atoms with Crippen molar-refractivity contribution in [2.75, 3.05) is 11.9 Å². The number of carbonyl (C=O) groups excluding carboxylic acids is 2. The number of carbonyl (C=O) groups is 2. The molecule has 3 heterocycles. The zero-order valence-electron chi connectivity index (χ0n) is 14.2. The zero-order valence-corrected chi connectivity index (χ0v) is 15.8. The Morgan fingerprint density at radius 2 is 2.08 bits per heavy atom. The number of benzene rings is 1. The van der Waals surface area contributed by atoms with Crippen LogP contribution in [0.3, 0.4) is 0 Å². The zero-order chi connectivity index (χ0) is 18.3. The maximum Gasteiger partial charge on any atom is 0.274 e. The molecule has 6 nitrogen and oxygen atoms in total. The second kappa shape index (κ2) is 6.57. The normalized spacial score (nSPS) is 13.5. The van der Waals surface area contributed by atoms with Crippen molar-refractivity contribution in [1.29, 1.82) is 0 Å². The Bertz CT molecular complexity index is 1030. The summed E-state index contributed by atoms with van der Waals surface area (Å²) in [6.45, 7) is 2.61. The lowest BCUT2D eigenvalue weighted by atomic mass is 9.97. The molecule has 0 bridgehead atoms. The monoisotopic (exact) mass is 412 g/mol. The minimum absolute atomic E-state index is 0.0830. The second-order valence-electron chi connectivity index (χ2n) is 6.35. The van der Waals surface area contributed by atoms with Gasteiger partial charge in [0.05, 0.1) is 5.52 Å². The van der Waals surface area contributed by atoms with Crippen LogP contribution < -0.4 is 5.32 Å². The Kier molecular flexibility index (Phi) is 4.24. The molecule has 1 aliphatic heterocycles. The van der Waals surface area contributed by atoms with Gasteiger partial charge in [-0.3, -0.25) is 9.59 Å². The number of pyridine rings is 1. The first-order chi connectivity index (χ1) is 12.5. The number of amides is 2. The third-order valence-electron chi connectivity index (χ3n) is 4.51. The average molecular weight is 413 g/mol. The third-order valence-corrected chi connectivity index (χ3v) is 4.98. The van der Waals surface area contributed by atoms with Crippen LogP contribution in [-0.4, -0.2) is 32.9 Å². The van der Waals surface area contributed by atoms with Gasteiger partial charge in [-0.1, -0.05) is 12.1 Å². The Labute approximate surface area is 158 Å². The van der Waals surface area contributed by atoms with Crippen molar-refractivity contribution >= 4 is 38.9 Å². The molecule has 2 aromatic heterocycles. The van der Waals surface area contributed by atoms with E-state index < -0.39 is 0 Å². The quantitative estimate of drug-likeness (QED) is 0.702. The molecular formula is C19H17BrN4O2. The van der Waals surface area contributed by atoms with Crippen molar-refractivity contribution in [3.05, 3.63) is 63.9 Å². The highest BCUT2D eigenvalue weighted by Crippen LogP contribution is 2.27. The summed E-state index contributed by atoms with van der Waals surface area (Å²) in [5, 5.41) is 7.27. The van der Waals surface area contributed by atoms with E-state index in [2.05, 4.69) is 26.3 Å². The van der Waals surface area contributed by atoms with Crippen LogP contribution >= 0.6 is 15.9 Å². The molecule has 2 amide bonds. The molecule has 0 saturated carbocycles. The number of rotatable bonds is 2. The van der Waals surface area contributed by atoms with Crippen LogP contribution in [0.4, 0.5) is 5.69 Å². The van der Waals surface area contributed by atoms with E-state index in [4.69, 9.17) is 0 Å². The maximum absolute atomic E-state index is 12.9.